The Kier molecular flexibility index (Phi) is 11.7. The number of aliphatic hydroxyl groups excluding tert-OH is 1. The Morgan fingerprint density at radius 1 is 1.46 bits per heavy atom. The molecule has 1 aromatic carbocycles. The van der Waals surface area contributed by atoms with Gasteiger partial charge in [0, 0.05) is 26.1 Å². The summed E-state index contributed by atoms with van der Waals surface area (Å²) in [6.07, 6.45) is 6.60. The van der Waals surface area contributed by atoms with Crippen molar-refractivity contribution in [2.24, 2.45) is 17.1 Å². The zero-order valence-corrected chi connectivity index (χ0v) is 16.7. The van der Waals surface area contributed by atoms with Crippen molar-refractivity contribution in [3.8, 4) is 12.3 Å². The van der Waals surface area contributed by atoms with Crippen LogP contribution in [0.5, 0.6) is 0 Å². The summed E-state index contributed by atoms with van der Waals surface area (Å²) in [7, 11) is 0. The van der Waals surface area contributed by atoms with Crippen LogP contribution in [0, 0.1) is 23.6 Å². The summed E-state index contributed by atoms with van der Waals surface area (Å²) in [4.78, 5) is 23.3. The fourth-order valence-electron chi connectivity index (χ4n) is 2.48. The van der Waals surface area contributed by atoms with Crippen LogP contribution < -0.4 is 17.0 Å². The lowest BCUT2D eigenvalue weighted by Gasteiger charge is -2.22. The van der Waals surface area contributed by atoms with E-state index in [2.05, 4.69) is 43.7 Å². The number of likely N-dealkylation sites (tertiary alicyclic amines) is 1. The number of halogens is 1. The molecule has 1 saturated heterocycles. The third-order valence-electron chi connectivity index (χ3n) is 3.78. The highest BCUT2D eigenvalue weighted by atomic mass is 19.1. The fraction of sp³-hybridized carbons (Fsp3) is 0.500. The molecule has 0 aliphatic carbocycles. The van der Waals surface area contributed by atoms with Gasteiger partial charge in [-0.2, -0.15) is 0 Å². The highest BCUT2D eigenvalue weighted by molar-refractivity contribution is 5.77. The summed E-state index contributed by atoms with van der Waals surface area (Å²) >= 11 is 0. The number of terminal acetylenes is 1. The summed E-state index contributed by atoms with van der Waals surface area (Å²) in [5, 5.41) is 11.7. The lowest BCUT2D eigenvalue weighted by Crippen LogP contribution is -2.32. The Morgan fingerprint density at radius 3 is 2.54 bits per heavy atom. The number of rotatable bonds is 4. The van der Waals surface area contributed by atoms with Crippen molar-refractivity contribution in [2.75, 3.05) is 13.1 Å². The van der Waals surface area contributed by atoms with Crippen molar-refractivity contribution in [3.05, 3.63) is 35.1 Å². The predicted molar refractivity (Wildman–Crippen MR) is 107 cm³/mol. The summed E-state index contributed by atoms with van der Waals surface area (Å²) in [6.45, 7) is 7.71. The van der Waals surface area contributed by atoms with Crippen molar-refractivity contribution in [1.29, 1.82) is 0 Å². The number of hydrogen-bond acceptors (Lipinski definition) is 5. The molecule has 1 atom stereocenters. The van der Waals surface area contributed by atoms with Crippen LogP contribution in [0.4, 0.5) is 4.39 Å². The van der Waals surface area contributed by atoms with Crippen LogP contribution in [0.2, 0.25) is 0 Å². The van der Waals surface area contributed by atoms with E-state index in [9.17, 15) is 19.1 Å². The molecule has 1 heterocycles. The van der Waals surface area contributed by atoms with Crippen molar-refractivity contribution >= 4 is 12.3 Å². The molecule has 1 aromatic rings. The molecule has 7 nitrogen and oxygen atoms in total. The SMILES string of the molecule is C#Cc1ccc(CNC=O)cc1F.CC(C)(C)CC(=O)N1CCC(O)C1.NN. The van der Waals surface area contributed by atoms with E-state index in [0.29, 0.717) is 31.5 Å². The quantitative estimate of drug-likeness (QED) is 0.261. The van der Waals surface area contributed by atoms with Gasteiger partial charge in [-0.25, -0.2) is 4.39 Å². The standard InChI is InChI=1S/C10H8FNO.C10H19NO2.H4N2/c1-2-9-4-3-8(5-10(9)11)6-12-7-13;1-10(2,3)6-9(13)11-5-4-8(12)7-11;1-2/h1,3-5,7H,6H2,(H,12,13);8,12H,4-7H2,1-3H3;1-2H2. The van der Waals surface area contributed by atoms with Gasteiger partial charge in [0.1, 0.15) is 5.82 Å². The zero-order chi connectivity index (χ0) is 21.7. The third kappa shape index (κ3) is 10.0. The molecule has 1 unspecified atom stereocenters. The summed E-state index contributed by atoms with van der Waals surface area (Å²) in [6, 6.07) is 4.50. The number of β-amino-alcohol motifs (C(OH)–C–C–N with tert-alkyl or cyclic N) is 1. The molecular weight excluding hydrogens is 363 g/mol. The molecule has 0 bridgehead atoms. The molecule has 0 saturated carbocycles. The molecule has 6 N–H and O–H groups in total. The van der Waals surface area contributed by atoms with Crippen LogP contribution in [-0.4, -0.2) is 41.5 Å². The minimum absolute atomic E-state index is 0.0463. The van der Waals surface area contributed by atoms with Crippen molar-refractivity contribution < 1.29 is 19.1 Å². The lowest BCUT2D eigenvalue weighted by atomic mass is 9.92. The molecule has 8 heteroatoms. The molecule has 0 radical (unpaired) electrons. The van der Waals surface area contributed by atoms with Gasteiger partial charge in [0.25, 0.3) is 0 Å². The molecule has 1 aliphatic rings. The number of hydrogen-bond donors (Lipinski definition) is 4. The van der Waals surface area contributed by atoms with Crippen LogP contribution in [0.3, 0.4) is 0 Å². The van der Waals surface area contributed by atoms with Crippen LogP contribution in [-0.2, 0) is 16.1 Å². The number of nitrogens with one attached hydrogen (secondary N) is 1. The van der Waals surface area contributed by atoms with Gasteiger partial charge in [-0.3, -0.25) is 21.3 Å². The fourth-order valence-corrected chi connectivity index (χ4v) is 2.48. The minimum atomic E-state index is -0.437. The zero-order valence-electron chi connectivity index (χ0n) is 16.7. The van der Waals surface area contributed by atoms with E-state index in [1.54, 1.807) is 11.0 Å². The average Bonchev–Trinajstić information content (AvgIpc) is 3.08. The summed E-state index contributed by atoms with van der Waals surface area (Å²) < 4.78 is 13.0. The van der Waals surface area contributed by atoms with E-state index >= 15 is 0 Å². The van der Waals surface area contributed by atoms with Crippen LogP contribution in [0.15, 0.2) is 18.2 Å². The van der Waals surface area contributed by atoms with E-state index in [0.717, 1.165) is 13.0 Å². The molecule has 156 valence electrons. The summed E-state index contributed by atoms with van der Waals surface area (Å²) in [5.74, 6) is 9.95. The molecule has 0 spiro atoms. The van der Waals surface area contributed by atoms with Gasteiger partial charge in [0.15, 0.2) is 0 Å². The monoisotopic (exact) mass is 394 g/mol. The molecule has 0 aromatic heterocycles. The third-order valence-corrected chi connectivity index (χ3v) is 3.78. The minimum Gasteiger partial charge on any atom is -0.391 e. The number of benzene rings is 1. The first-order valence-corrected chi connectivity index (χ1v) is 8.87. The van der Waals surface area contributed by atoms with Crippen LogP contribution in [0.25, 0.3) is 0 Å². The number of carbonyl (C=O) groups is 2. The maximum Gasteiger partial charge on any atom is 0.223 e. The van der Waals surface area contributed by atoms with Gasteiger partial charge < -0.3 is 15.3 Å². The van der Waals surface area contributed by atoms with Gasteiger partial charge >= 0.3 is 0 Å². The number of amides is 2. The first kappa shape index (κ1) is 25.5. The Labute approximate surface area is 166 Å². The van der Waals surface area contributed by atoms with E-state index in [4.69, 9.17) is 6.42 Å². The molecule has 2 rings (SSSR count). The van der Waals surface area contributed by atoms with Gasteiger partial charge in [-0.05, 0) is 29.5 Å². The molecule has 28 heavy (non-hydrogen) atoms. The Bertz CT molecular complexity index is 668. The van der Waals surface area contributed by atoms with Crippen molar-refractivity contribution in [1.82, 2.24) is 10.2 Å². The lowest BCUT2D eigenvalue weighted by molar-refractivity contribution is -0.132. The van der Waals surface area contributed by atoms with E-state index in [1.807, 2.05) is 0 Å². The van der Waals surface area contributed by atoms with E-state index in [-0.39, 0.29) is 23.0 Å². The highest BCUT2D eigenvalue weighted by Gasteiger charge is 2.27. The van der Waals surface area contributed by atoms with E-state index in [1.165, 1.54) is 12.1 Å². The maximum atomic E-state index is 13.0. The van der Waals surface area contributed by atoms with Gasteiger partial charge in [0.2, 0.25) is 12.3 Å². The Balaban J connectivity index is 0.000000478. The van der Waals surface area contributed by atoms with Crippen molar-refractivity contribution in [2.45, 2.75) is 46.3 Å². The van der Waals surface area contributed by atoms with E-state index < -0.39 is 5.82 Å². The van der Waals surface area contributed by atoms with Crippen molar-refractivity contribution in [3.63, 3.8) is 0 Å². The van der Waals surface area contributed by atoms with Gasteiger partial charge in [-0.15, -0.1) is 6.42 Å². The average molecular weight is 394 g/mol. The first-order chi connectivity index (χ1) is 13.2. The van der Waals surface area contributed by atoms with Crippen LogP contribution >= 0.6 is 0 Å². The maximum absolute atomic E-state index is 13.0. The second kappa shape index (κ2) is 12.8. The highest BCUT2D eigenvalue weighted by Crippen LogP contribution is 2.21. The molecular formula is C20H31FN4O3. The summed E-state index contributed by atoms with van der Waals surface area (Å²) in [5.41, 5.74) is 0.961. The molecule has 1 aliphatic heterocycles. The number of aliphatic hydroxyl groups is 1. The number of carbonyl (C=O) groups excluding carboxylic acids is 2. The predicted octanol–water partition coefficient (Wildman–Crippen LogP) is 0.888. The number of nitrogens with two attached hydrogens (primary N) is 2. The topological polar surface area (TPSA) is 122 Å². The van der Waals surface area contributed by atoms with Gasteiger partial charge in [0.05, 0.1) is 11.7 Å². The second-order valence-corrected chi connectivity index (χ2v) is 7.48. The Morgan fingerprint density at radius 2 is 2.11 bits per heavy atom. The Hall–Kier alpha value is -2.47. The number of nitrogens with zero attached hydrogens (tertiary/aromatic N) is 1. The second-order valence-electron chi connectivity index (χ2n) is 7.48. The normalized spacial score (nSPS) is 15.4. The largest absolute Gasteiger partial charge is 0.391 e. The first-order valence-electron chi connectivity index (χ1n) is 8.87. The van der Waals surface area contributed by atoms with Gasteiger partial charge in [-0.1, -0.05) is 32.8 Å². The molecule has 2 amide bonds. The van der Waals surface area contributed by atoms with Crippen LogP contribution in [0.1, 0.15) is 44.7 Å². The smallest absolute Gasteiger partial charge is 0.223 e. The number of hydrazine groups is 1. The molecule has 1 fully saturated rings.